The second-order valence-electron chi connectivity index (χ2n) is 7.09. The average molecular weight is 332 g/mol. The van der Waals surface area contributed by atoms with Crippen LogP contribution in [0.1, 0.15) is 51.5 Å². The minimum Gasteiger partial charge on any atom is -0.454 e. The number of hydrogen-bond donors (Lipinski definition) is 1. The van der Waals surface area contributed by atoms with Gasteiger partial charge in [-0.05, 0) is 37.5 Å². The second kappa shape index (κ2) is 7.43. The normalized spacial score (nSPS) is 19.8. The third-order valence-corrected chi connectivity index (χ3v) is 5.27. The molecule has 0 aromatic heterocycles. The molecule has 2 N–H and O–H groups in total. The molecule has 2 aliphatic rings. The van der Waals surface area contributed by atoms with Gasteiger partial charge in [0, 0.05) is 18.6 Å². The first-order valence-electron chi connectivity index (χ1n) is 9.01. The number of carbonyl (C=O) groups is 1. The summed E-state index contributed by atoms with van der Waals surface area (Å²) in [6.07, 6.45) is 5.83. The van der Waals surface area contributed by atoms with Crippen LogP contribution < -0.4 is 15.2 Å². The fraction of sp³-hybridized carbons (Fsp3) is 0.632. The first-order valence-corrected chi connectivity index (χ1v) is 9.01. The Morgan fingerprint density at radius 1 is 1.21 bits per heavy atom. The standard InChI is InChI=1S/C19H28N2O3/c1-13(14(2)20)19(22)21(16-6-4-3-5-7-16)11-15-8-9-17-18(10-15)24-12-23-17/h8-10,13-14,16H,3-7,11-12,20H2,1-2H3. The van der Waals surface area contributed by atoms with Crippen molar-refractivity contribution in [2.75, 3.05) is 6.79 Å². The lowest BCUT2D eigenvalue weighted by Crippen LogP contribution is -2.47. The molecule has 1 fully saturated rings. The van der Waals surface area contributed by atoms with Crippen LogP contribution in [0, 0.1) is 5.92 Å². The van der Waals surface area contributed by atoms with Crippen molar-refractivity contribution in [3.8, 4) is 11.5 Å². The molecule has 1 aliphatic heterocycles. The Bertz CT molecular complexity index is 582. The quantitative estimate of drug-likeness (QED) is 0.900. The summed E-state index contributed by atoms with van der Waals surface area (Å²) in [4.78, 5) is 15.1. The Hall–Kier alpha value is -1.75. The monoisotopic (exact) mass is 332 g/mol. The lowest BCUT2D eigenvalue weighted by atomic mass is 9.92. The van der Waals surface area contributed by atoms with Crippen molar-refractivity contribution in [2.24, 2.45) is 11.7 Å². The highest BCUT2D eigenvalue weighted by Crippen LogP contribution is 2.34. The number of carbonyl (C=O) groups excluding carboxylic acids is 1. The van der Waals surface area contributed by atoms with Crippen LogP contribution in [0.25, 0.3) is 0 Å². The summed E-state index contributed by atoms with van der Waals surface area (Å²) in [5, 5.41) is 0. The summed E-state index contributed by atoms with van der Waals surface area (Å²) in [6.45, 7) is 4.72. The maximum absolute atomic E-state index is 13.0. The van der Waals surface area contributed by atoms with Gasteiger partial charge in [0.15, 0.2) is 11.5 Å². The molecule has 1 aliphatic carbocycles. The zero-order valence-corrected chi connectivity index (χ0v) is 14.7. The molecule has 0 bridgehead atoms. The van der Waals surface area contributed by atoms with Crippen LogP contribution >= 0.6 is 0 Å². The van der Waals surface area contributed by atoms with Crippen LogP contribution in [0.2, 0.25) is 0 Å². The number of benzene rings is 1. The molecule has 0 spiro atoms. The van der Waals surface area contributed by atoms with Crippen molar-refractivity contribution in [1.82, 2.24) is 4.90 Å². The topological polar surface area (TPSA) is 64.8 Å². The maximum atomic E-state index is 13.0. The fourth-order valence-corrected chi connectivity index (χ4v) is 3.50. The maximum Gasteiger partial charge on any atom is 0.231 e. The molecule has 3 rings (SSSR count). The molecule has 5 heteroatoms. The van der Waals surface area contributed by atoms with Crippen LogP contribution in [0.5, 0.6) is 11.5 Å². The third-order valence-electron chi connectivity index (χ3n) is 5.27. The van der Waals surface area contributed by atoms with Gasteiger partial charge in [-0.3, -0.25) is 4.79 Å². The van der Waals surface area contributed by atoms with Crippen molar-refractivity contribution in [2.45, 2.75) is 64.6 Å². The zero-order chi connectivity index (χ0) is 17.1. The predicted octanol–water partition coefficient (Wildman–Crippen LogP) is 3.06. The molecule has 132 valence electrons. The van der Waals surface area contributed by atoms with E-state index in [9.17, 15) is 4.79 Å². The molecule has 2 unspecified atom stereocenters. The van der Waals surface area contributed by atoms with Gasteiger partial charge >= 0.3 is 0 Å². The number of ether oxygens (including phenoxy) is 2. The van der Waals surface area contributed by atoms with E-state index in [1.54, 1.807) is 0 Å². The summed E-state index contributed by atoms with van der Waals surface area (Å²) >= 11 is 0. The number of nitrogens with two attached hydrogens (primary N) is 1. The van der Waals surface area contributed by atoms with Crippen molar-refractivity contribution in [3.05, 3.63) is 23.8 Å². The van der Waals surface area contributed by atoms with E-state index in [2.05, 4.69) is 0 Å². The van der Waals surface area contributed by atoms with E-state index in [0.29, 0.717) is 12.6 Å². The highest BCUT2D eigenvalue weighted by molar-refractivity contribution is 5.79. The number of nitrogens with zero attached hydrogens (tertiary/aromatic N) is 1. The van der Waals surface area contributed by atoms with Crippen molar-refractivity contribution in [3.63, 3.8) is 0 Å². The minimum absolute atomic E-state index is 0.139. The van der Waals surface area contributed by atoms with Gasteiger partial charge in [0.05, 0.1) is 5.92 Å². The Balaban J connectivity index is 1.79. The molecule has 0 saturated heterocycles. The molecule has 24 heavy (non-hydrogen) atoms. The van der Waals surface area contributed by atoms with Gasteiger partial charge < -0.3 is 20.1 Å². The van der Waals surface area contributed by atoms with Gasteiger partial charge in [-0.2, -0.15) is 0 Å². The van der Waals surface area contributed by atoms with Crippen LogP contribution in [0.15, 0.2) is 18.2 Å². The second-order valence-corrected chi connectivity index (χ2v) is 7.09. The van der Waals surface area contributed by atoms with Crippen molar-refractivity contribution >= 4 is 5.91 Å². The summed E-state index contributed by atoms with van der Waals surface area (Å²) in [7, 11) is 0. The summed E-state index contributed by atoms with van der Waals surface area (Å²) < 4.78 is 10.8. The number of hydrogen-bond acceptors (Lipinski definition) is 4. The first kappa shape index (κ1) is 17.1. The minimum atomic E-state index is -0.166. The van der Waals surface area contributed by atoms with Gasteiger partial charge in [0.2, 0.25) is 12.7 Å². The highest BCUT2D eigenvalue weighted by atomic mass is 16.7. The fourth-order valence-electron chi connectivity index (χ4n) is 3.50. The summed E-state index contributed by atoms with van der Waals surface area (Å²) in [5.41, 5.74) is 7.07. The summed E-state index contributed by atoms with van der Waals surface area (Å²) in [6, 6.07) is 6.11. The Kier molecular flexibility index (Phi) is 5.29. The van der Waals surface area contributed by atoms with Crippen molar-refractivity contribution < 1.29 is 14.3 Å². The molecular formula is C19H28N2O3. The van der Waals surface area contributed by atoms with E-state index in [4.69, 9.17) is 15.2 Å². The molecule has 0 radical (unpaired) electrons. The predicted molar refractivity (Wildman–Crippen MR) is 92.8 cm³/mol. The van der Waals surface area contributed by atoms with Gasteiger partial charge in [-0.1, -0.05) is 32.3 Å². The molecule has 2 atom stereocenters. The van der Waals surface area contributed by atoms with Gasteiger partial charge in [0.25, 0.3) is 0 Å². The molecule has 5 nitrogen and oxygen atoms in total. The molecule has 1 amide bonds. The number of fused-ring (bicyclic) bond motifs is 1. The Labute approximate surface area is 144 Å². The van der Waals surface area contributed by atoms with Gasteiger partial charge in [-0.15, -0.1) is 0 Å². The van der Waals surface area contributed by atoms with Crippen molar-refractivity contribution in [1.29, 1.82) is 0 Å². The molecule has 1 saturated carbocycles. The lowest BCUT2D eigenvalue weighted by Gasteiger charge is -2.37. The highest BCUT2D eigenvalue weighted by Gasteiger charge is 2.30. The first-order chi connectivity index (χ1) is 11.6. The smallest absolute Gasteiger partial charge is 0.231 e. The Morgan fingerprint density at radius 3 is 2.62 bits per heavy atom. The third kappa shape index (κ3) is 3.66. The van der Waals surface area contributed by atoms with E-state index >= 15 is 0 Å². The molecular weight excluding hydrogens is 304 g/mol. The van der Waals surface area contributed by atoms with Crippen LogP contribution in [0.4, 0.5) is 0 Å². The molecule has 1 aromatic rings. The van der Waals surface area contributed by atoms with Crippen LogP contribution in [-0.2, 0) is 11.3 Å². The Morgan fingerprint density at radius 2 is 1.92 bits per heavy atom. The van der Waals surface area contributed by atoms with Gasteiger partial charge in [0.1, 0.15) is 0 Å². The molecule has 1 aromatic carbocycles. The van der Waals surface area contributed by atoms with Crippen LogP contribution in [0.3, 0.4) is 0 Å². The zero-order valence-electron chi connectivity index (χ0n) is 14.7. The van der Waals surface area contributed by atoms with E-state index in [-0.39, 0.29) is 24.7 Å². The van der Waals surface area contributed by atoms with Crippen LogP contribution in [-0.4, -0.2) is 29.7 Å². The van der Waals surface area contributed by atoms with E-state index in [1.165, 1.54) is 19.3 Å². The number of rotatable bonds is 5. The largest absolute Gasteiger partial charge is 0.454 e. The SMILES string of the molecule is CC(N)C(C)C(=O)N(Cc1ccc2c(c1)OCO2)C1CCCCC1. The lowest BCUT2D eigenvalue weighted by molar-refractivity contribution is -0.139. The average Bonchev–Trinajstić information content (AvgIpc) is 3.06. The van der Waals surface area contributed by atoms with E-state index < -0.39 is 0 Å². The van der Waals surface area contributed by atoms with Gasteiger partial charge in [-0.25, -0.2) is 0 Å². The van der Waals surface area contributed by atoms with E-state index in [0.717, 1.165) is 29.9 Å². The summed E-state index contributed by atoms with van der Waals surface area (Å²) in [5.74, 6) is 1.54. The van der Waals surface area contributed by atoms with E-state index in [1.807, 2.05) is 36.9 Å². The number of amides is 1. The molecule has 1 heterocycles.